The van der Waals surface area contributed by atoms with Gasteiger partial charge in [-0.25, -0.2) is 8.42 Å². The summed E-state index contributed by atoms with van der Waals surface area (Å²) in [6, 6.07) is 4.22. The molecule has 1 saturated heterocycles. The maximum Gasteiger partial charge on any atom is 0.288 e. The number of nitrogens with zero attached hydrogens (tertiary/aromatic N) is 5. The van der Waals surface area contributed by atoms with Gasteiger partial charge in [0.15, 0.2) is 15.7 Å². The number of hydrogen-bond acceptors (Lipinski definition) is 9. The summed E-state index contributed by atoms with van der Waals surface area (Å²) in [5, 5.41) is 14.8. The molecule has 1 aliphatic rings. The quantitative estimate of drug-likeness (QED) is 0.551. The molecule has 11 heteroatoms. The summed E-state index contributed by atoms with van der Waals surface area (Å²) in [5.41, 5.74) is 0.256. The minimum Gasteiger partial charge on any atom is -0.369 e. The topological polar surface area (TPSA) is 123 Å². The summed E-state index contributed by atoms with van der Waals surface area (Å²) in [7, 11) is -3.70. The molecule has 0 bridgehead atoms. The minimum absolute atomic E-state index is 0.260. The first-order valence-electron chi connectivity index (χ1n) is 7.99. The van der Waals surface area contributed by atoms with Gasteiger partial charge in [0.05, 0.1) is 11.5 Å². The van der Waals surface area contributed by atoms with Gasteiger partial charge in [-0.1, -0.05) is 5.16 Å². The molecular weight excluding hydrogens is 362 g/mol. The average Bonchev–Trinajstić information content (AvgIpc) is 2.99. The van der Waals surface area contributed by atoms with E-state index in [0.29, 0.717) is 37.0 Å². The molecule has 140 valence electrons. The smallest absolute Gasteiger partial charge is 0.288 e. The van der Waals surface area contributed by atoms with Gasteiger partial charge >= 0.3 is 0 Å². The highest BCUT2D eigenvalue weighted by Gasteiger charge is 2.25. The van der Waals surface area contributed by atoms with Gasteiger partial charge in [-0.3, -0.25) is 15.0 Å². The molecule has 0 saturated carbocycles. The van der Waals surface area contributed by atoms with Crippen molar-refractivity contribution in [2.24, 2.45) is 0 Å². The fourth-order valence-corrected chi connectivity index (χ4v) is 3.76. The van der Waals surface area contributed by atoms with Gasteiger partial charge in [-0.15, -0.1) is 0 Å². The molecule has 0 spiro atoms. The van der Waals surface area contributed by atoms with Gasteiger partial charge in [-0.05, 0) is 19.1 Å². The Morgan fingerprint density at radius 2 is 1.96 bits per heavy atom. The number of sulfone groups is 1. The SMILES string of the molecule is Cc1noc(CN2CCN(c3ccc([N+](=O)[O-])c(S(C)(=O)=O)c3)CC2)n1. The molecule has 0 aliphatic carbocycles. The van der Waals surface area contributed by atoms with Crippen molar-refractivity contribution in [3.8, 4) is 0 Å². The van der Waals surface area contributed by atoms with Crippen LogP contribution in [0.1, 0.15) is 11.7 Å². The van der Waals surface area contributed by atoms with Crippen LogP contribution in [-0.4, -0.2) is 60.8 Å². The number of piperazine rings is 1. The Morgan fingerprint density at radius 3 is 2.50 bits per heavy atom. The first kappa shape index (κ1) is 18.3. The number of nitro benzene ring substituents is 1. The molecular formula is C15H19N5O5S. The van der Waals surface area contributed by atoms with Crippen LogP contribution in [-0.2, 0) is 16.4 Å². The van der Waals surface area contributed by atoms with Crippen LogP contribution < -0.4 is 4.90 Å². The summed E-state index contributed by atoms with van der Waals surface area (Å²) in [6.45, 7) is 5.10. The zero-order chi connectivity index (χ0) is 18.9. The number of rotatable bonds is 5. The van der Waals surface area contributed by atoms with Crippen molar-refractivity contribution in [1.82, 2.24) is 15.0 Å². The van der Waals surface area contributed by atoms with E-state index in [1.54, 1.807) is 13.0 Å². The highest BCUT2D eigenvalue weighted by Crippen LogP contribution is 2.29. The van der Waals surface area contributed by atoms with E-state index in [0.717, 1.165) is 19.3 Å². The van der Waals surface area contributed by atoms with Crippen molar-refractivity contribution < 1.29 is 17.9 Å². The predicted molar refractivity (Wildman–Crippen MR) is 92.7 cm³/mol. The lowest BCUT2D eigenvalue weighted by Gasteiger charge is -2.35. The van der Waals surface area contributed by atoms with E-state index in [9.17, 15) is 18.5 Å². The molecule has 10 nitrogen and oxygen atoms in total. The third-order valence-corrected chi connectivity index (χ3v) is 5.33. The van der Waals surface area contributed by atoms with Crippen LogP contribution in [0.4, 0.5) is 11.4 Å². The van der Waals surface area contributed by atoms with Gasteiger partial charge in [0, 0.05) is 44.2 Å². The maximum absolute atomic E-state index is 11.9. The lowest BCUT2D eigenvalue weighted by Crippen LogP contribution is -2.46. The van der Waals surface area contributed by atoms with E-state index < -0.39 is 20.4 Å². The molecule has 0 N–H and O–H groups in total. The van der Waals surface area contributed by atoms with E-state index in [4.69, 9.17) is 4.52 Å². The number of aromatic nitrogens is 2. The van der Waals surface area contributed by atoms with Crippen molar-refractivity contribution in [2.75, 3.05) is 37.3 Å². The second-order valence-electron chi connectivity index (χ2n) is 6.18. The van der Waals surface area contributed by atoms with Crippen LogP contribution in [0.3, 0.4) is 0 Å². The molecule has 0 radical (unpaired) electrons. The van der Waals surface area contributed by atoms with Crippen LogP contribution in [0.15, 0.2) is 27.6 Å². The van der Waals surface area contributed by atoms with Gasteiger partial charge in [-0.2, -0.15) is 4.98 Å². The fourth-order valence-electron chi connectivity index (χ4n) is 2.91. The van der Waals surface area contributed by atoms with Crippen molar-refractivity contribution in [1.29, 1.82) is 0 Å². The number of aryl methyl sites for hydroxylation is 1. The van der Waals surface area contributed by atoms with E-state index in [2.05, 4.69) is 15.0 Å². The molecule has 2 aromatic rings. The second-order valence-corrected chi connectivity index (χ2v) is 8.16. The lowest BCUT2D eigenvalue weighted by atomic mass is 10.2. The minimum atomic E-state index is -3.70. The van der Waals surface area contributed by atoms with Gasteiger partial charge in [0.1, 0.15) is 4.90 Å². The predicted octanol–water partition coefficient (Wildman–Crippen LogP) is 1.01. The van der Waals surface area contributed by atoms with Crippen molar-refractivity contribution in [3.05, 3.63) is 40.0 Å². The molecule has 0 unspecified atom stereocenters. The number of nitro groups is 1. The third-order valence-electron chi connectivity index (χ3n) is 4.21. The summed E-state index contributed by atoms with van der Waals surface area (Å²) < 4.78 is 28.9. The van der Waals surface area contributed by atoms with E-state index >= 15 is 0 Å². The zero-order valence-corrected chi connectivity index (χ0v) is 15.3. The molecule has 1 fully saturated rings. The Morgan fingerprint density at radius 1 is 1.27 bits per heavy atom. The highest BCUT2D eigenvalue weighted by atomic mass is 32.2. The van der Waals surface area contributed by atoms with E-state index in [-0.39, 0.29) is 4.90 Å². The molecule has 26 heavy (non-hydrogen) atoms. The molecule has 0 amide bonds. The Labute approximate surface area is 150 Å². The summed E-state index contributed by atoms with van der Waals surface area (Å²) >= 11 is 0. The van der Waals surface area contributed by atoms with E-state index in [1.807, 2.05) is 4.90 Å². The van der Waals surface area contributed by atoms with Crippen molar-refractivity contribution in [2.45, 2.75) is 18.4 Å². The maximum atomic E-state index is 11.9. The first-order valence-corrected chi connectivity index (χ1v) is 9.88. The molecule has 3 rings (SSSR count). The van der Waals surface area contributed by atoms with Crippen molar-refractivity contribution in [3.63, 3.8) is 0 Å². The molecule has 1 aliphatic heterocycles. The van der Waals surface area contributed by atoms with Crippen LogP contribution in [0.25, 0.3) is 0 Å². The van der Waals surface area contributed by atoms with Gasteiger partial charge in [0.25, 0.3) is 5.69 Å². The molecule has 1 aromatic carbocycles. The Kier molecular flexibility index (Phi) is 4.92. The number of hydrogen-bond donors (Lipinski definition) is 0. The Hall–Kier alpha value is -2.53. The second kappa shape index (κ2) is 7.00. The Balaban J connectivity index is 1.72. The number of anilines is 1. The average molecular weight is 381 g/mol. The van der Waals surface area contributed by atoms with Gasteiger partial charge in [0.2, 0.25) is 5.89 Å². The van der Waals surface area contributed by atoms with Gasteiger partial charge < -0.3 is 9.42 Å². The van der Waals surface area contributed by atoms with E-state index in [1.165, 1.54) is 12.1 Å². The molecule has 1 aromatic heterocycles. The monoisotopic (exact) mass is 381 g/mol. The standard InChI is InChI=1S/C15H19N5O5S/c1-11-16-15(25-17-11)10-18-5-7-19(8-6-18)12-3-4-13(20(21)22)14(9-12)26(2,23)24/h3-4,9H,5-8,10H2,1-2H3. The zero-order valence-electron chi connectivity index (χ0n) is 14.5. The summed E-state index contributed by atoms with van der Waals surface area (Å²) in [6.07, 6.45) is 0.976. The van der Waals surface area contributed by atoms with Crippen LogP contribution in [0.2, 0.25) is 0 Å². The normalized spacial score (nSPS) is 16.0. The molecule has 2 heterocycles. The number of benzene rings is 1. The third kappa shape index (κ3) is 3.99. The summed E-state index contributed by atoms with van der Waals surface area (Å²) in [5.74, 6) is 1.16. The highest BCUT2D eigenvalue weighted by molar-refractivity contribution is 7.90. The first-order chi connectivity index (χ1) is 12.2. The van der Waals surface area contributed by atoms with Crippen LogP contribution in [0, 0.1) is 17.0 Å². The summed E-state index contributed by atoms with van der Waals surface area (Å²) in [4.78, 5) is 18.5. The largest absolute Gasteiger partial charge is 0.369 e. The van der Waals surface area contributed by atoms with Crippen LogP contribution >= 0.6 is 0 Å². The molecule has 0 atom stereocenters. The lowest BCUT2D eigenvalue weighted by molar-refractivity contribution is -0.387. The van der Waals surface area contributed by atoms with Crippen LogP contribution in [0.5, 0.6) is 0 Å². The van der Waals surface area contributed by atoms with Crippen molar-refractivity contribution >= 4 is 21.2 Å². The Bertz CT molecular complexity index is 918. The fraction of sp³-hybridized carbons (Fsp3) is 0.467.